The van der Waals surface area contributed by atoms with Gasteiger partial charge in [-0.3, -0.25) is 4.90 Å². The van der Waals surface area contributed by atoms with E-state index < -0.39 is 0 Å². The van der Waals surface area contributed by atoms with Crippen LogP contribution in [0.4, 0.5) is 0 Å². The summed E-state index contributed by atoms with van der Waals surface area (Å²) in [6.07, 6.45) is 3.20. The summed E-state index contributed by atoms with van der Waals surface area (Å²) >= 11 is 0. The van der Waals surface area contributed by atoms with Crippen molar-refractivity contribution in [1.29, 1.82) is 0 Å². The molecule has 2 fully saturated rings. The van der Waals surface area contributed by atoms with Gasteiger partial charge in [-0.2, -0.15) is 0 Å². The van der Waals surface area contributed by atoms with E-state index in [-0.39, 0.29) is 0 Å². The van der Waals surface area contributed by atoms with E-state index in [0.717, 1.165) is 18.0 Å². The van der Waals surface area contributed by atoms with Crippen LogP contribution in [-0.2, 0) is 4.74 Å². The SMILES string of the molecule is CO[C@@H]1CC2CC1CN2C(C)C. The Balaban J connectivity index is 1.98. The highest BCUT2D eigenvalue weighted by molar-refractivity contribution is 4.98. The third-order valence-electron chi connectivity index (χ3n) is 3.49. The fourth-order valence-electron chi connectivity index (χ4n) is 2.86. The Morgan fingerprint density at radius 1 is 1.33 bits per heavy atom. The number of fused-ring (bicyclic) bond motifs is 2. The minimum Gasteiger partial charge on any atom is -0.381 e. The van der Waals surface area contributed by atoms with E-state index in [4.69, 9.17) is 4.74 Å². The molecule has 12 heavy (non-hydrogen) atoms. The Morgan fingerprint density at radius 2 is 2.08 bits per heavy atom. The molecule has 3 atom stereocenters. The molecule has 0 radical (unpaired) electrons. The van der Waals surface area contributed by atoms with Gasteiger partial charge in [0.25, 0.3) is 0 Å². The van der Waals surface area contributed by atoms with E-state index in [9.17, 15) is 0 Å². The van der Waals surface area contributed by atoms with Gasteiger partial charge < -0.3 is 4.74 Å². The molecular weight excluding hydrogens is 150 g/mol. The molecule has 2 bridgehead atoms. The quantitative estimate of drug-likeness (QED) is 0.621. The summed E-state index contributed by atoms with van der Waals surface area (Å²) in [7, 11) is 1.85. The van der Waals surface area contributed by atoms with Crippen molar-refractivity contribution in [2.45, 2.75) is 44.9 Å². The number of piperidine rings is 1. The van der Waals surface area contributed by atoms with Gasteiger partial charge in [-0.1, -0.05) is 0 Å². The highest BCUT2D eigenvalue weighted by atomic mass is 16.5. The number of nitrogens with zero attached hydrogens (tertiary/aromatic N) is 1. The average molecular weight is 169 g/mol. The zero-order valence-corrected chi connectivity index (χ0v) is 8.29. The monoisotopic (exact) mass is 169 g/mol. The molecule has 1 heterocycles. The van der Waals surface area contributed by atoms with Gasteiger partial charge in [0.15, 0.2) is 0 Å². The molecule has 0 N–H and O–H groups in total. The second-order valence-electron chi connectivity index (χ2n) is 4.45. The van der Waals surface area contributed by atoms with E-state index in [0.29, 0.717) is 6.10 Å². The van der Waals surface area contributed by atoms with Crippen molar-refractivity contribution in [2.75, 3.05) is 13.7 Å². The molecule has 0 amide bonds. The number of rotatable bonds is 2. The Labute approximate surface area is 74.9 Å². The predicted octanol–water partition coefficient (Wildman–Crippen LogP) is 1.50. The zero-order chi connectivity index (χ0) is 8.72. The van der Waals surface area contributed by atoms with Gasteiger partial charge in [-0.25, -0.2) is 0 Å². The van der Waals surface area contributed by atoms with Gasteiger partial charge in [0.2, 0.25) is 0 Å². The van der Waals surface area contributed by atoms with Crippen LogP contribution in [-0.4, -0.2) is 36.7 Å². The Morgan fingerprint density at radius 3 is 2.50 bits per heavy atom. The van der Waals surface area contributed by atoms with Crippen LogP contribution in [0.2, 0.25) is 0 Å². The van der Waals surface area contributed by atoms with Crippen molar-refractivity contribution in [2.24, 2.45) is 5.92 Å². The maximum Gasteiger partial charge on any atom is 0.0627 e. The lowest BCUT2D eigenvalue weighted by Gasteiger charge is -2.33. The van der Waals surface area contributed by atoms with E-state index in [1.807, 2.05) is 7.11 Å². The van der Waals surface area contributed by atoms with Crippen LogP contribution >= 0.6 is 0 Å². The van der Waals surface area contributed by atoms with Crippen LogP contribution in [0.3, 0.4) is 0 Å². The Kier molecular flexibility index (Phi) is 2.13. The van der Waals surface area contributed by atoms with E-state index >= 15 is 0 Å². The molecular formula is C10H19NO. The zero-order valence-electron chi connectivity index (χ0n) is 8.29. The van der Waals surface area contributed by atoms with Crippen LogP contribution in [0.5, 0.6) is 0 Å². The van der Waals surface area contributed by atoms with Crippen molar-refractivity contribution < 1.29 is 4.74 Å². The fraction of sp³-hybridized carbons (Fsp3) is 1.00. The number of ether oxygens (including phenoxy) is 1. The number of hydrogen-bond donors (Lipinski definition) is 0. The first-order chi connectivity index (χ1) is 5.72. The lowest BCUT2D eigenvalue weighted by Crippen LogP contribution is -2.42. The lowest BCUT2D eigenvalue weighted by molar-refractivity contribution is 0.0249. The summed E-state index contributed by atoms with van der Waals surface area (Å²) in [5.74, 6) is 0.822. The first kappa shape index (κ1) is 8.52. The van der Waals surface area contributed by atoms with Gasteiger partial charge in [-0.15, -0.1) is 0 Å². The maximum atomic E-state index is 5.45. The molecule has 2 unspecified atom stereocenters. The molecule has 1 aliphatic carbocycles. The summed E-state index contributed by atoms with van der Waals surface area (Å²) < 4.78 is 5.45. The molecule has 2 rings (SSSR count). The number of hydrogen-bond acceptors (Lipinski definition) is 2. The highest BCUT2D eigenvalue weighted by Crippen LogP contribution is 2.39. The van der Waals surface area contributed by atoms with E-state index in [2.05, 4.69) is 18.7 Å². The summed E-state index contributed by atoms with van der Waals surface area (Å²) in [4.78, 5) is 2.63. The van der Waals surface area contributed by atoms with Crippen molar-refractivity contribution >= 4 is 0 Å². The summed E-state index contributed by atoms with van der Waals surface area (Å²) in [5.41, 5.74) is 0. The lowest BCUT2D eigenvalue weighted by atomic mass is 10.1. The van der Waals surface area contributed by atoms with E-state index in [1.54, 1.807) is 0 Å². The largest absolute Gasteiger partial charge is 0.381 e. The van der Waals surface area contributed by atoms with Crippen LogP contribution in [0.15, 0.2) is 0 Å². The number of methoxy groups -OCH3 is 1. The first-order valence-electron chi connectivity index (χ1n) is 5.01. The molecule has 1 aliphatic heterocycles. The van der Waals surface area contributed by atoms with Crippen LogP contribution in [0.1, 0.15) is 26.7 Å². The molecule has 0 spiro atoms. The molecule has 0 aromatic rings. The Hall–Kier alpha value is -0.0800. The minimum atomic E-state index is 0.560. The maximum absolute atomic E-state index is 5.45. The second-order valence-corrected chi connectivity index (χ2v) is 4.45. The van der Waals surface area contributed by atoms with Gasteiger partial charge in [0.05, 0.1) is 6.10 Å². The first-order valence-corrected chi connectivity index (χ1v) is 5.01. The molecule has 0 aromatic carbocycles. The minimum absolute atomic E-state index is 0.560. The molecule has 2 heteroatoms. The number of likely N-dealkylation sites (tertiary alicyclic amines) is 1. The Bertz CT molecular complexity index is 169. The van der Waals surface area contributed by atoms with Crippen molar-refractivity contribution in [3.05, 3.63) is 0 Å². The topological polar surface area (TPSA) is 12.5 Å². The van der Waals surface area contributed by atoms with Crippen LogP contribution < -0.4 is 0 Å². The fourth-order valence-corrected chi connectivity index (χ4v) is 2.86. The standard InChI is InChI=1S/C10H19NO/c1-7(2)11-6-8-4-9(11)5-10(8)12-3/h7-10H,4-6H2,1-3H3/t8?,9?,10-/m1/s1. The summed E-state index contributed by atoms with van der Waals surface area (Å²) in [5, 5.41) is 0. The van der Waals surface area contributed by atoms with Gasteiger partial charge >= 0.3 is 0 Å². The third-order valence-corrected chi connectivity index (χ3v) is 3.49. The molecule has 2 nitrogen and oxygen atoms in total. The molecule has 70 valence electrons. The third kappa shape index (κ3) is 1.17. The van der Waals surface area contributed by atoms with Gasteiger partial charge in [0, 0.05) is 25.7 Å². The van der Waals surface area contributed by atoms with E-state index in [1.165, 1.54) is 19.4 Å². The molecule has 1 saturated heterocycles. The van der Waals surface area contributed by atoms with Crippen LogP contribution in [0.25, 0.3) is 0 Å². The van der Waals surface area contributed by atoms with Gasteiger partial charge in [0.1, 0.15) is 0 Å². The molecule has 0 aromatic heterocycles. The molecule has 2 aliphatic rings. The summed E-state index contributed by atoms with van der Waals surface area (Å²) in [6, 6.07) is 1.54. The second kappa shape index (κ2) is 3.00. The normalized spacial score (nSPS) is 41.5. The molecule has 1 saturated carbocycles. The van der Waals surface area contributed by atoms with Crippen LogP contribution in [0, 0.1) is 5.92 Å². The van der Waals surface area contributed by atoms with Crippen molar-refractivity contribution in [3.63, 3.8) is 0 Å². The van der Waals surface area contributed by atoms with Gasteiger partial charge in [-0.05, 0) is 32.6 Å². The smallest absolute Gasteiger partial charge is 0.0627 e. The average Bonchev–Trinajstić information content (AvgIpc) is 2.60. The highest BCUT2D eigenvalue weighted by Gasteiger charge is 2.45. The van der Waals surface area contributed by atoms with Crippen molar-refractivity contribution in [3.8, 4) is 0 Å². The predicted molar refractivity (Wildman–Crippen MR) is 49.2 cm³/mol. The van der Waals surface area contributed by atoms with Crippen molar-refractivity contribution in [1.82, 2.24) is 4.90 Å². The summed E-state index contributed by atoms with van der Waals surface area (Å²) in [6.45, 7) is 5.85.